The molecule has 0 heterocycles. The van der Waals surface area contributed by atoms with Gasteiger partial charge in [0, 0.05) is 0 Å². The summed E-state index contributed by atoms with van der Waals surface area (Å²) < 4.78 is 0. The number of hydrogen-bond acceptors (Lipinski definition) is 1. The summed E-state index contributed by atoms with van der Waals surface area (Å²) in [6.45, 7) is 8.24. The number of hydrogen-bond donors (Lipinski definition) is 0. The van der Waals surface area contributed by atoms with Crippen LogP contribution in [-0.4, -0.2) is 6.29 Å². The first kappa shape index (κ1) is 15.7. The van der Waals surface area contributed by atoms with Crippen LogP contribution in [0, 0.1) is 13.8 Å². The summed E-state index contributed by atoms with van der Waals surface area (Å²) >= 11 is 0. The molecule has 0 saturated carbocycles. The fourth-order valence-corrected chi connectivity index (χ4v) is 0. The number of rotatable bonds is 1. The van der Waals surface area contributed by atoms with Gasteiger partial charge >= 0.3 is 21.1 Å². The summed E-state index contributed by atoms with van der Waals surface area (Å²) in [7, 11) is 0. The van der Waals surface area contributed by atoms with E-state index < -0.39 is 0 Å². The van der Waals surface area contributed by atoms with E-state index in [0.717, 1.165) is 6.29 Å². The molecular formula is C5H10OW. The zero-order chi connectivity index (χ0) is 5.41. The first-order valence-corrected chi connectivity index (χ1v) is 1.85. The topological polar surface area (TPSA) is 17.1 Å². The van der Waals surface area contributed by atoms with E-state index in [9.17, 15) is 0 Å². The maximum atomic E-state index is 9.11. The molecule has 0 fully saturated rings. The predicted molar refractivity (Wildman–Crippen MR) is 27.1 cm³/mol. The summed E-state index contributed by atoms with van der Waals surface area (Å²) in [4.78, 5) is 9.11. The molecule has 0 bridgehead atoms. The van der Waals surface area contributed by atoms with Crippen LogP contribution in [0.1, 0.15) is 13.3 Å². The Hall–Kier alpha value is 0.358. The third-order valence-corrected chi connectivity index (χ3v) is 0.118. The minimum Gasteiger partial charge on any atom is -0.346 e. The van der Waals surface area contributed by atoms with Crippen molar-refractivity contribution in [3.05, 3.63) is 13.8 Å². The molecule has 2 heteroatoms. The van der Waals surface area contributed by atoms with Crippen LogP contribution in [0.5, 0.6) is 0 Å². The monoisotopic (exact) mass is 270 g/mol. The van der Waals surface area contributed by atoms with Gasteiger partial charge in [-0.3, -0.25) is 0 Å². The van der Waals surface area contributed by atoms with E-state index in [0.29, 0.717) is 6.42 Å². The third-order valence-electron chi connectivity index (χ3n) is 0.118. The fraction of sp³-hybridized carbons (Fsp3) is 0.400. The molecule has 0 saturated heterocycles. The van der Waals surface area contributed by atoms with Crippen molar-refractivity contribution >= 4 is 6.29 Å². The summed E-state index contributed by atoms with van der Waals surface area (Å²) in [6.07, 6.45) is 1.15. The molecule has 42 valence electrons. The van der Waals surface area contributed by atoms with E-state index in [4.69, 9.17) is 4.79 Å². The molecule has 0 aromatic heterocycles. The average molecular weight is 270 g/mol. The van der Waals surface area contributed by atoms with Gasteiger partial charge in [0.05, 0.1) is 6.29 Å². The standard InChI is InChI=1S/C3H5O.C2H5.W/c1-2-3-4;1-2;/h3H,1-2H2;1H2,2H3;/q2*-1;+2. The van der Waals surface area contributed by atoms with E-state index in [1.165, 1.54) is 0 Å². The molecule has 0 aliphatic rings. The Bertz CT molecular complexity index is 22.0. The number of carbonyl (C=O) groups excluding carboxylic acids is 1. The molecule has 0 amide bonds. The van der Waals surface area contributed by atoms with Crippen molar-refractivity contribution < 1.29 is 25.9 Å². The van der Waals surface area contributed by atoms with E-state index in [2.05, 4.69) is 13.8 Å². The van der Waals surface area contributed by atoms with Crippen LogP contribution in [-0.2, 0) is 25.9 Å². The van der Waals surface area contributed by atoms with Gasteiger partial charge in [-0.1, -0.05) is 0 Å². The smallest absolute Gasteiger partial charge is 0.346 e. The zero-order valence-electron chi connectivity index (χ0n) is 4.52. The molecule has 0 spiro atoms. The van der Waals surface area contributed by atoms with Crippen LogP contribution >= 0.6 is 0 Å². The van der Waals surface area contributed by atoms with Crippen LogP contribution in [0.25, 0.3) is 0 Å². The summed E-state index contributed by atoms with van der Waals surface area (Å²) in [6, 6.07) is 0. The van der Waals surface area contributed by atoms with Gasteiger partial charge in [-0.15, -0.1) is 6.42 Å². The Labute approximate surface area is 59.8 Å². The summed E-state index contributed by atoms with van der Waals surface area (Å²) in [5, 5.41) is 0. The van der Waals surface area contributed by atoms with E-state index in [1.807, 2.05) is 0 Å². The summed E-state index contributed by atoms with van der Waals surface area (Å²) in [5.74, 6) is 0. The van der Waals surface area contributed by atoms with Gasteiger partial charge in [-0.25, -0.2) is 0 Å². The van der Waals surface area contributed by atoms with Crippen molar-refractivity contribution in [2.75, 3.05) is 0 Å². The van der Waals surface area contributed by atoms with Gasteiger partial charge in [0.15, 0.2) is 0 Å². The van der Waals surface area contributed by atoms with Gasteiger partial charge in [-0.2, -0.15) is 6.92 Å². The van der Waals surface area contributed by atoms with Gasteiger partial charge in [0.25, 0.3) is 0 Å². The van der Waals surface area contributed by atoms with Crippen LogP contribution in [0.2, 0.25) is 0 Å². The van der Waals surface area contributed by atoms with E-state index >= 15 is 0 Å². The second kappa shape index (κ2) is 32.8. The van der Waals surface area contributed by atoms with Crippen molar-refractivity contribution in [2.24, 2.45) is 0 Å². The van der Waals surface area contributed by atoms with Crippen LogP contribution in [0.15, 0.2) is 0 Å². The Morgan fingerprint density at radius 3 is 1.71 bits per heavy atom. The molecule has 0 atom stereocenters. The largest absolute Gasteiger partial charge is 2.00 e. The minimum atomic E-state index is 0. The van der Waals surface area contributed by atoms with Crippen LogP contribution < -0.4 is 0 Å². The minimum absolute atomic E-state index is 0. The molecule has 1 nitrogen and oxygen atoms in total. The predicted octanol–water partition coefficient (Wildman–Crippen LogP) is 1.25. The fourth-order valence-electron chi connectivity index (χ4n) is 0. The molecule has 0 unspecified atom stereocenters. The van der Waals surface area contributed by atoms with Crippen molar-refractivity contribution in [3.63, 3.8) is 0 Å². The Morgan fingerprint density at radius 2 is 1.71 bits per heavy atom. The molecule has 0 aliphatic carbocycles. The molecule has 0 radical (unpaired) electrons. The van der Waals surface area contributed by atoms with E-state index in [1.54, 1.807) is 6.92 Å². The zero-order valence-corrected chi connectivity index (χ0v) is 7.45. The SMILES string of the molecule is [CH2-]C.[CH2-]CC=O.[W+2]. The Kier molecular flexibility index (Phi) is 73.4. The van der Waals surface area contributed by atoms with Crippen molar-refractivity contribution in [2.45, 2.75) is 13.3 Å². The molecule has 0 aliphatic heterocycles. The van der Waals surface area contributed by atoms with Gasteiger partial charge in [0.2, 0.25) is 0 Å². The van der Waals surface area contributed by atoms with E-state index in [-0.39, 0.29) is 21.1 Å². The normalized spacial score (nSPS) is 4.43. The first-order valence-electron chi connectivity index (χ1n) is 1.85. The maximum Gasteiger partial charge on any atom is 2.00 e. The number of aldehydes is 1. The Balaban J connectivity index is -0.0000000480. The van der Waals surface area contributed by atoms with Crippen LogP contribution in [0.4, 0.5) is 0 Å². The molecule has 7 heavy (non-hydrogen) atoms. The molecule has 0 aromatic rings. The quantitative estimate of drug-likeness (QED) is 0.517. The average Bonchev–Trinajstić information content (AvgIpc) is 1.72. The van der Waals surface area contributed by atoms with Crippen LogP contribution in [0.3, 0.4) is 0 Å². The van der Waals surface area contributed by atoms with Crippen molar-refractivity contribution in [3.8, 4) is 0 Å². The molecule has 0 N–H and O–H groups in total. The van der Waals surface area contributed by atoms with Gasteiger partial charge in [-0.05, 0) is 0 Å². The summed E-state index contributed by atoms with van der Waals surface area (Å²) in [5.41, 5.74) is 0. The Morgan fingerprint density at radius 1 is 1.57 bits per heavy atom. The van der Waals surface area contributed by atoms with Crippen molar-refractivity contribution in [1.29, 1.82) is 0 Å². The maximum absolute atomic E-state index is 9.11. The molecule has 0 aromatic carbocycles. The third kappa shape index (κ3) is 65.5. The van der Waals surface area contributed by atoms with Gasteiger partial charge in [0.1, 0.15) is 0 Å². The molecule has 0 rings (SSSR count). The first-order chi connectivity index (χ1) is 2.91. The van der Waals surface area contributed by atoms with Gasteiger partial charge < -0.3 is 18.6 Å². The number of carbonyl (C=O) groups is 1. The second-order valence-corrected chi connectivity index (χ2v) is 0.455. The van der Waals surface area contributed by atoms with Crippen molar-refractivity contribution in [1.82, 2.24) is 0 Å². The molecular weight excluding hydrogens is 260 g/mol. The second-order valence-electron chi connectivity index (χ2n) is 0.455.